The van der Waals surface area contributed by atoms with Crippen molar-refractivity contribution in [3.8, 4) is 12.3 Å². The van der Waals surface area contributed by atoms with E-state index in [1.807, 2.05) is 0 Å². The van der Waals surface area contributed by atoms with Crippen molar-refractivity contribution in [2.45, 2.75) is 25.7 Å². The number of unbranched alkanes of at least 4 members (excludes halogenated alkanes) is 1. The van der Waals surface area contributed by atoms with E-state index >= 15 is 0 Å². The van der Waals surface area contributed by atoms with Crippen LogP contribution >= 0.6 is 0 Å². The van der Waals surface area contributed by atoms with E-state index in [2.05, 4.69) is 5.92 Å². The number of hydrogen-bond donors (Lipinski definition) is 0. The standard InChI is InChI=1S/C11H18O3/c1-3-4-5-6-11(12)7-8-14-10-9-13-2/h1H,4-10H2,2H3. The van der Waals surface area contributed by atoms with Crippen LogP contribution in [0.3, 0.4) is 0 Å². The van der Waals surface area contributed by atoms with Gasteiger partial charge in [0.2, 0.25) is 0 Å². The van der Waals surface area contributed by atoms with E-state index in [1.54, 1.807) is 7.11 Å². The molecule has 0 aliphatic rings. The highest BCUT2D eigenvalue weighted by atomic mass is 16.5. The van der Waals surface area contributed by atoms with Gasteiger partial charge in [0.15, 0.2) is 0 Å². The number of ether oxygens (including phenoxy) is 2. The summed E-state index contributed by atoms with van der Waals surface area (Å²) in [5.41, 5.74) is 0. The van der Waals surface area contributed by atoms with E-state index in [0.717, 1.165) is 6.42 Å². The quantitative estimate of drug-likeness (QED) is 0.415. The Bertz CT molecular complexity index is 181. The summed E-state index contributed by atoms with van der Waals surface area (Å²) < 4.78 is 9.96. The minimum atomic E-state index is 0.220. The maximum Gasteiger partial charge on any atom is 0.135 e. The van der Waals surface area contributed by atoms with Gasteiger partial charge in [0.25, 0.3) is 0 Å². The van der Waals surface area contributed by atoms with Gasteiger partial charge in [-0.25, -0.2) is 0 Å². The molecule has 0 rings (SSSR count). The Morgan fingerprint density at radius 2 is 2.07 bits per heavy atom. The van der Waals surface area contributed by atoms with E-state index < -0.39 is 0 Å². The highest BCUT2D eigenvalue weighted by molar-refractivity contribution is 5.78. The van der Waals surface area contributed by atoms with Crippen molar-refractivity contribution < 1.29 is 14.3 Å². The third-order valence-corrected chi connectivity index (χ3v) is 1.73. The van der Waals surface area contributed by atoms with Crippen LogP contribution in [0.4, 0.5) is 0 Å². The van der Waals surface area contributed by atoms with Gasteiger partial charge in [0.1, 0.15) is 5.78 Å². The predicted octanol–water partition coefficient (Wildman–Crippen LogP) is 1.41. The third kappa shape index (κ3) is 9.24. The summed E-state index contributed by atoms with van der Waals surface area (Å²) in [6.45, 7) is 1.61. The largest absolute Gasteiger partial charge is 0.382 e. The van der Waals surface area contributed by atoms with Gasteiger partial charge in [0, 0.05) is 26.4 Å². The number of terminal acetylenes is 1. The molecule has 0 aromatic carbocycles. The van der Waals surface area contributed by atoms with Gasteiger partial charge < -0.3 is 9.47 Å². The van der Waals surface area contributed by atoms with Crippen molar-refractivity contribution in [1.82, 2.24) is 0 Å². The normalized spacial score (nSPS) is 9.71. The van der Waals surface area contributed by atoms with Crippen molar-refractivity contribution in [2.75, 3.05) is 26.9 Å². The van der Waals surface area contributed by atoms with Crippen LogP contribution in [0.5, 0.6) is 0 Å². The van der Waals surface area contributed by atoms with E-state index in [0.29, 0.717) is 39.1 Å². The van der Waals surface area contributed by atoms with E-state index in [1.165, 1.54) is 0 Å². The highest BCUT2D eigenvalue weighted by Gasteiger charge is 2.00. The maximum atomic E-state index is 11.2. The fraction of sp³-hybridized carbons (Fsp3) is 0.727. The lowest BCUT2D eigenvalue weighted by Gasteiger charge is -2.02. The van der Waals surface area contributed by atoms with Gasteiger partial charge in [-0.1, -0.05) is 0 Å². The molecule has 80 valence electrons. The lowest BCUT2D eigenvalue weighted by atomic mass is 10.1. The first-order chi connectivity index (χ1) is 6.81. The summed E-state index contributed by atoms with van der Waals surface area (Å²) in [7, 11) is 1.62. The first-order valence-electron chi connectivity index (χ1n) is 4.83. The molecule has 0 N–H and O–H groups in total. The number of Topliss-reactive ketones (excluding diaryl/α,β-unsaturated/α-hetero) is 1. The summed E-state index contributed by atoms with van der Waals surface area (Å²) in [5, 5.41) is 0. The first kappa shape index (κ1) is 13.2. The molecule has 0 aliphatic carbocycles. The second-order valence-electron chi connectivity index (χ2n) is 2.95. The van der Waals surface area contributed by atoms with Gasteiger partial charge in [-0.3, -0.25) is 4.79 Å². The third-order valence-electron chi connectivity index (χ3n) is 1.73. The van der Waals surface area contributed by atoms with Crippen molar-refractivity contribution in [1.29, 1.82) is 0 Å². The lowest BCUT2D eigenvalue weighted by molar-refractivity contribution is -0.120. The Kier molecular flexibility index (Phi) is 9.61. The number of methoxy groups -OCH3 is 1. The molecule has 0 saturated carbocycles. The average Bonchev–Trinajstić information content (AvgIpc) is 2.18. The molecule has 0 spiro atoms. The van der Waals surface area contributed by atoms with Gasteiger partial charge in [-0.05, 0) is 6.42 Å². The molecule has 0 amide bonds. The molecular weight excluding hydrogens is 180 g/mol. The molecule has 3 nitrogen and oxygen atoms in total. The highest BCUT2D eigenvalue weighted by Crippen LogP contribution is 1.98. The fourth-order valence-electron chi connectivity index (χ4n) is 0.943. The summed E-state index contributed by atoms with van der Waals surface area (Å²) >= 11 is 0. The predicted molar refractivity (Wildman–Crippen MR) is 55.0 cm³/mol. The molecule has 0 heterocycles. The van der Waals surface area contributed by atoms with Gasteiger partial charge in [-0.15, -0.1) is 12.3 Å². The summed E-state index contributed by atoms with van der Waals surface area (Å²) in [6.07, 6.45) is 7.58. The molecule has 0 aliphatic heterocycles. The summed E-state index contributed by atoms with van der Waals surface area (Å²) in [4.78, 5) is 11.2. The van der Waals surface area contributed by atoms with E-state index in [4.69, 9.17) is 15.9 Å². The molecule has 0 saturated heterocycles. The summed E-state index contributed by atoms with van der Waals surface area (Å²) in [6, 6.07) is 0. The lowest BCUT2D eigenvalue weighted by Crippen LogP contribution is -2.07. The zero-order valence-corrected chi connectivity index (χ0v) is 8.75. The maximum absolute atomic E-state index is 11.2. The van der Waals surface area contributed by atoms with Gasteiger partial charge in [-0.2, -0.15) is 0 Å². The van der Waals surface area contributed by atoms with Crippen LogP contribution in [-0.4, -0.2) is 32.7 Å². The Morgan fingerprint density at radius 3 is 2.71 bits per heavy atom. The van der Waals surface area contributed by atoms with Crippen LogP contribution in [0, 0.1) is 12.3 Å². The van der Waals surface area contributed by atoms with Crippen LogP contribution in [0.1, 0.15) is 25.7 Å². The second kappa shape index (κ2) is 10.2. The van der Waals surface area contributed by atoms with Crippen LogP contribution < -0.4 is 0 Å². The Balaban J connectivity index is 3.15. The zero-order valence-electron chi connectivity index (χ0n) is 8.75. The average molecular weight is 198 g/mol. The molecule has 0 bridgehead atoms. The van der Waals surface area contributed by atoms with Gasteiger partial charge in [0.05, 0.1) is 19.8 Å². The minimum absolute atomic E-state index is 0.220. The number of ketones is 1. The van der Waals surface area contributed by atoms with Crippen molar-refractivity contribution in [3.63, 3.8) is 0 Å². The second-order valence-corrected chi connectivity index (χ2v) is 2.95. The topological polar surface area (TPSA) is 35.5 Å². The molecule has 0 aromatic heterocycles. The number of hydrogen-bond acceptors (Lipinski definition) is 3. The van der Waals surface area contributed by atoms with Crippen molar-refractivity contribution in [3.05, 3.63) is 0 Å². The van der Waals surface area contributed by atoms with E-state index in [-0.39, 0.29) is 5.78 Å². The fourth-order valence-corrected chi connectivity index (χ4v) is 0.943. The van der Waals surface area contributed by atoms with Gasteiger partial charge >= 0.3 is 0 Å². The molecule has 0 atom stereocenters. The number of carbonyl (C=O) groups is 1. The zero-order chi connectivity index (χ0) is 10.6. The van der Waals surface area contributed by atoms with Crippen LogP contribution in [0.2, 0.25) is 0 Å². The molecule has 3 heteroatoms. The van der Waals surface area contributed by atoms with Crippen LogP contribution in [-0.2, 0) is 14.3 Å². The van der Waals surface area contributed by atoms with Crippen molar-refractivity contribution >= 4 is 5.78 Å². The smallest absolute Gasteiger partial charge is 0.135 e. The minimum Gasteiger partial charge on any atom is -0.382 e. The summed E-state index contributed by atoms with van der Waals surface area (Å²) in [5.74, 6) is 2.73. The number of carbonyl (C=O) groups excluding carboxylic acids is 1. The first-order valence-corrected chi connectivity index (χ1v) is 4.83. The Morgan fingerprint density at radius 1 is 1.29 bits per heavy atom. The number of rotatable bonds is 9. The Hall–Kier alpha value is -0.850. The monoisotopic (exact) mass is 198 g/mol. The molecule has 0 aromatic rings. The molecule has 14 heavy (non-hydrogen) atoms. The van der Waals surface area contributed by atoms with E-state index in [9.17, 15) is 4.79 Å². The Labute approximate surface area is 85.8 Å². The molecular formula is C11H18O3. The van der Waals surface area contributed by atoms with Crippen LogP contribution in [0.15, 0.2) is 0 Å². The molecule has 0 radical (unpaired) electrons. The van der Waals surface area contributed by atoms with Crippen molar-refractivity contribution in [2.24, 2.45) is 0 Å². The SMILES string of the molecule is C#CCCCC(=O)CCOCCOC. The van der Waals surface area contributed by atoms with Crippen LogP contribution in [0.25, 0.3) is 0 Å². The molecule has 0 fully saturated rings. The molecule has 0 unspecified atom stereocenters.